The van der Waals surface area contributed by atoms with Crippen molar-refractivity contribution in [3.05, 3.63) is 0 Å². The van der Waals surface area contributed by atoms with E-state index in [4.69, 9.17) is 9.47 Å². The number of amides is 2. The summed E-state index contributed by atoms with van der Waals surface area (Å²) in [7, 11) is 0. The van der Waals surface area contributed by atoms with Crippen LogP contribution in [-0.2, 0) is 23.9 Å². The van der Waals surface area contributed by atoms with Gasteiger partial charge in [-0.3, -0.25) is 9.59 Å². The average Bonchev–Trinajstić information content (AvgIpc) is 3.22. The summed E-state index contributed by atoms with van der Waals surface area (Å²) in [5, 5.41) is 14.1. The lowest BCUT2D eigenvalue weighted by molar-refractivity contribution is -0.155. The average molecular weight is 402 g/mol. The highest BCUT2D eigenvalue weighted by molar-refractivity contribution is 5.94. The summed E-state index contributed by atoms with van der Waals surface area (Å²) in [6, 6.07) is -1.10. The molecule has 0 aliphatic heterocycles. The van der Waals surface area contributed by atoms with Crippen molar-refractivity contribution in [1.29, 1.82) is 0 Å². The third-order valence-corrected chi connectivity index (χ3v) is 4.98. The Balaban J connectivity index is 2.16. The molecule has 0 saturated heterocycles. The minimum absolute atomic E-state index is 0.00571. The lowest BCUT2D eigenvalue weighted by Crippen LogP contribution is -2.61. The first-order valence-corrected chi connectivity index (χ1v) is 9.19. The van der Waals surface area contributed by atoms with Crippen molar-refractivity contribution >= 4 is 23.9 Å². The number of halogens is 1. The first-order chi connectivity index (χ1) is 12.8. The van der Waals surface area contributed by atoms with E-state index in [-0.39, 0.29) is 13.0 Å². The standard InChI is InChI=1S/C18H27FN2O7/c1-6-27-15(25)18(7-9(19)10-11(12(10)18)14(23)24)21-13(22)8(2)20-16(26)28-17(3,4)5/h8-12H,6-7H2,1-5H3,(H,20,26)(H,21,22)(H,23,24)/t8-,9+,10-,11-,12-,18-/m0/s1. The lowest BCUT2D eigenvalue weighted by atomic mass is 9.89. The van der Waals surface area contributed by atoms with Crippen LogP contribution in [0.15, 0.2) is 0 Å². The van der Waals surface area contributed by atoms with Gasteiger partial charge in [0, 0.05) is 18.3 Å². The van der Waals surface area contributed by atoms with Crippen molar-refractivity contribution in [3.8, 4) is 0 Å². The fourth-order valence-electron chi connectivity index (χ4n) is 3.86. The van der Waals surface area contributed by atoms with E-state index in [2.05, 4.69) is 10.6 Å². The molecule has 0 radical (unpaired) electrons. The smallest absolute Gasteiger partial charge is 0.408 e. The fourth-order valence-corrected chi connectivity index (χ4v) is 3.86. The maximum atomic E-state index is 14.4. The second-order valence-electron chi connectivity index (χ2n) is 8.24. The largest absolute Gasteiger partial charge is 0.481 e. The van der Waals surface area contributed by atoms with Crippen molar-refractivity contribution < 1.29 is 38.1 Å². The Kier molecular flexibility index (Phi) is 5.91. The normalized spacial score (nSPS) is 31.9. The highest BCUT2D eigenvalue weighted by Crippen LogP contribution is 2.63. The van der Waals surface area contributed by atoms with Crippen LogP contribution in [0.4, 0.5) is 9.18 Å². The van der Waals surface area contributed by atoms with Gasteiger partial charge in [-0.1, -0.05) is 0 Å². The molecule has 0 spiro atoms. The van der Waals surface area contributed by atoms with Crippen molar-refractivity contribution in [2.24, 2.45) is 17.8 Å². The summed E-state index contributed by atoms with van der Waals surface area (Å²) in [6.07, 6.45) is -2.75. The molecule has 0 aromatic carbocycles. The SMILES string of the molecule is CCOC(=O)[C@]1(NC(=O)[C@H](C)NC(=O)OC(C)(C)C)C[C@@H](F)[C@H]2[C@H](C(=O)O)[C@H]21. The number of hydrogen-bond acceptors (Lipinski definition) is 6. The zero-order valence-electron chi connectivity index (χ0n) is 16.6. The van der Waals surface area contributed by atoms with Gasteiger partial charge >= 0.3 is 18.0 Å². The molecule has 9 nitrogen and oxygen atoms in total. The second-order valence-corrected chi connectivity index (χ2v) is 8.24. The van der Waals surface area contributed by atoms with Gasteiger partial charge < -0.3 is 25.2 Å². The Morgan fingerprint density at radius 1 is 1.29 bits per heavy atom. The quantitative estimate of drug-likeness (QED) is 0.565. The number of hydrogen-bond donors (Lipinski definition) is 3. The van der Waals surface area contributed by atoms with Crippen LogP contribution in [-0.4, -0.2) is 59.0 Å². The molecule has 6 atom stereocenters. The maximum Gasteiger partial charge on any atom is 0.408 e. The predicted molar refractivity (Wildman–Crippen MR) is 94.0 cm³/mol. The molecule has 0 aromatic heterocycles. The maximum absolute atomic E-state index is 14.4. The van der Waals surface area contributed by atoms with Gasteiger partial charge in [0.15, 0.2) is 0 Å². The highest BCUT2D eigenvalue weighted by Gasteiger charge is 2.76. The van der Waals surface area contributed by atoms with Crippen LogP contribution in [0.25, 0.3) is 0 Å². The Hall–Kier alpha value is -2.39. The number of carboxylic acids is 1. The van der Waals surface area contributed by atoms with Gasteiger partial charge in [0.25, 0.3) is 0 Å². The number of carboxylic acid groups (broad SMARTS) is 1. The number of carbonyl (C=O) groups is 4. The van der Waals surface area contributed by atoms with E-state index in [0.717, 1.165) is 0 Å². The number of esters is 1. The molecule has 2 rings (SSSR count). The van der Waals surface area contributed by atoms with Crippen molar-refractivity contribution in [3.63, 3.8) is 0 Å². The Bertz CT molecular complexity index is 677. The molecule has 0 bridgehead atoms. The van der Waals surface area contributed by atoms with Crippen LogP contribution >= 0.6 is 0 Å². The van der Waals surface area contributed by atoms with Gasteiger partial charge in [0.05, 0.1) is 12.5 Å². The molecule has 2 amide bonds. The minimum atomic E-state index is -1.77. The zero-order chi connectivity index (χ0) is 21.4. The predicted octanol–water partition coefficient (Wildman–Crippen LogP) is 1.01. The Morgan fingerprint density at radius 3 is 2.36 bits per heavy atom. The van der Waals surface area contributed by atoms with Crippen molar-refractivity contribution in [2.75, 3.05) is 6.61 Å². The van der Waals surface area contributed by atoms with Crippen LogP contribution < -0.4 is 10.6 Å². The van der Waals surface area contributed by atoms with E-state index in [1.54, 1.807) is 27.7 Å². The number of fused-ring (bicyclic) bond motifs is 1. The van der Waals surface area contributed by atoms with Crippen LogP contribution in [0.2, 0.25) is 0 Å². The number of aliphatic carboxylic acids is 1. The van der Waals surface area contributed by atoms with Crippen LogP contribution in [0, 0.1) is 17.8 Å². The van der Waals surface area contributed by atoms with E-state index in [1.807, 2.05) is 0 Å². The molecular weight excluding hydrogens is 375 g/mol. The summed E-state index contributed by atoms with van der Waals surface area (Å²) in [4.78, 5) is 48.4. The van der Waals surface area contributed by atoms with Crippen molar-refractivity contribution in [2.45, 2.75) is 64.4 Å². The molecule has 3 N–H and O–H groups in total. The molecule has 158 valence electrons. The molecule has 28 heavy (non-hydrogen) atoms. The summed E-state index contributed by atoms with van der Waals surface area (Å²) >= 11 is 0. The first-order valence-electron chi connectivity index (χ1n) is 9.19. The molecular formula is C18H27FN2O7. The molecule has 2 saturated carbocycles. The molecule has 10 heteroatoms. The number of nitrogens with one attached hydrogen (secondary N) is 2. The van der Waals surface area contributed by atoms with E-state index < -0.39 is 65.0 Å². The minimum Gasteiger partial charge on any atom is -0.481 e. The summed E-state index contributed by atoms with van der Waals surface area (Å²) in [6.45, 7) is 7.90. The molecule has 0 aromatic rings. The molecule has 2 fully saturated rings. The third kappa shape index (κ3) is 4.20. The first kappa shape index (κ1) is 21.9. The number of alkyl halides is 1. The summed E-state index contributed by atoms with van der Waals surface area (Å²) in [5.41, 5.74) is -2.54. The van der Waals surface area contributed by atoms with Gasteiger partial charge in [0.2, 0.25) is 5.91 Å². The van der Waals surface area contributed by atoms with Gasteiger partial charge in [-0.2, -0.15) is 0 Å². The van der Waals surface area contributed by atoms with Gasteiger partial charge in [-0.05, 0) is 34.6 Å². The molecule has 2 aliphatic rings. The fraction of sp³-hybridized carbons (Fsp3) is 0.778. The Morgan fingerprint density at radius 2 is 1.89 bits per heavy atom. The highest BCUT2D eigenvalue weighted by atomic mass is 19.1. The summed E-state index contributed by atoms with van der Waals surface area (Å²) in [5.74, 6) is -5.66. The zero-order valence-corrected chi connectivity index (χ0v) is 16.6. The van der Waals surface area contributed by atoms with Crippen LogP contribution in [0.3, 0.4) is 0 Å². The van der Waals surface area contributed by atoms with Gasteiger partial charge in [-0.15, -0.1) is 0 Å². The molecule has 0 heterocycles. The molecule has 0 unspecified atom stereocenters. The van der Waals surface area contributed by atoms with Crippen molar-refractivity contribution in [1.82, 2.24) is 10.6 Å². The Labute approximate surface area is 162 Å². The monoisotopic (exact) mass is 402 g/mol. The van der Waals surface area contributed by atoms with Crippen LogP contribution in [0.5, 0.6) is 0 Å². The number of ether oxygens (including phenoxy) is 2. The topological polar surface area (TPSA) is 131 Å². The number of carbonyl (C=O) groups excluding carboxylic acids is 3. The van der Waals surface area contributed by atoms with Crippen LogP contribution in [0.1, 0.15) is 41.0 Å². The second kappa shape index (κ2) is 7.56. The van der Waals surface area contributed by atoms with Gasteiger partial charge in [-0.25, -0.2) is 14.0 Å². The molecule has 2 aliphatic carbocycles. The van der Waals surface area contributed by atoms with E-state index in [0.29, 0.717) is 0 Å². The summed E-state index contributed by atoms with van der Waals surface area (Å²) < 4.78 is 24.5. The number of rotatable bonds is 6. The van der Waals surface area contributed by atoms with E-state index in [1.165, 1.54) is 6.92 Å². The van der Waals surface area contributed by atoms with E-state index in [9.17, 15) is 28.7 Å². The van der Waals surface area contributed by atoms with Gasteiger partial charge in [0.1, 0.15) is 23.4 Å². The number of alkyl carbamates (subject to hydrolysis) is 1. The third-order valence-electron chi connectivity index (χ3n) is 4.98. The van der Waals surface area contributed by atoms with E-state index >= 15 is 0 Å². The lowest BCUT2D eigenvalue weighted by Gasteiger charge is -2.32.